The van der Waals surface area contributed by atoms with Gasteiger partial charge in [0, 0.05) is 42.2 Å². The van der Waals surface area contributed by atoms with Crippen molar-refractivity contribution in [2.24, 2.45) is 0 Å². The third-order valence-corrected chi connectivity index (χ3v) is 11.6. The van der Waals surface area contributed by atoms with Crippen LogP contribution in [0.1, 0.15) is 72.2 Å². The standard InChI is InChI=1S/C43H61ClN4O11S.2C2H6.CH4/c1-34-29-35(32-45)37(33-47-34)36-30-42(60(49,50)48-11-9-43(2,3)38-7-5-6-8-40(38)48)41(31-39(36)44)59-28-27-58-26-25-57-24-23-56-22-21-55-20-19-54-18-17-53-16-15-52-14-13-51-12-10-46-4;2*1-2;/h5-8,29-31,33,46H,9-28H2,1-4H3;2*1-2H3;1H4. The number of sulfonamides is 1. The predicted octanol–water partition coefficient (Wildman–Crippen LogP) is 7.88. The summed E-state index contributed by atoms with van der Waals surface area (Å²) in [5, 5.41) is 13.1. The highest BCUT2D eigenvalue weighted by Crippen LogP contribution is 2.44. The van der Waals surface area contributed by atoms with E-state index in [9.17, 15) is 13.7 Å². The number of ether oxygens (including phenoxy) is 9. The number of hydrogen-bond acceptors (Lipinski definition) is 14. The van der Waals surface area contributed by atoms with Crippen LogP contribution in [0.4, 0.5) is 5.69 Å². The number of nitriles is 1. The summed E-state index contributed by atoms with van der Waals surface area (Å²) in [5.41, 5.74) is 3.11. The molecule has 2 aromatic carbocycles. The quantitative estimate of drug-likeness (QED) is 0.0618. The van der Waals surface area contributed by atoms with Crippen molar-refractivity contribution in [1.29, 1.82) is 5.26 Å². The number of halogens is 1. The molecular formula is C48H77ClN4O11S. The average Bonchev–Trinajstić information content (AvgIpc) is 3.30. The number of pyridine rings is 1. The Kier molecular flexibility index (Phi) is 31.9. The van der Waals surface area contributed by atoms with E-state index in [0.717, 1.165) is 12.1 Å². The lowest BCUT2D eigenvalue weighted by atomic mass is 9.78. The Hall–Kier alpha value is -3.44. The number of rotatable bonds is 31. The van der Waals surface area contributed by atoms with Crippen molar-refractivity contribution in [3.05, 3.63) is 70.5 Å². The molecule has 0 unspecified atom stereocenters. The van der Waals surface area contributed by atoms with E-state index in [1.165, 1.54) is 22.6 Å². The van der Waals surface area contributed by atoms with Crippen LogP contribution in [-0.4, -0.2) is 146 Å². The highest BCUT2D eigenvalue weighted by molar-refractivity contribution is 7.93. The largest absolute Gasteiger partial charge is 0.490 e. The normalized spacial score (nSPS) is 12.8. The smallest absolute Gasteiger partial charge is 0.268 e. The minimum Gasteiger partial charge on any atom is -0.490 e. The van der Waals surface area contributed by atoms with Gasteiger partial charge >= 0.3 is 0 Å². The number of nitrogens with one attached hydrogen (secondary N) is 1. The second kappa shape index (κ2) is 34.8. The molecule has 4 rings (SSSR count). The van der Waals surface area contributed by atoms with E-state index >= 15 is 0 Å². The number of fused-ring (bicyclic) bond motifs is 1. The summed E-state index contributed by atoms with van der Waals surface area (Å²) in [7, 11) is -2.28. The number of aryl methyl sites for hydroxylation is 1. The van der Waals surface area contributed by atoms with Crippen molar-refractivity contribution in [1.82, 2.24) is 10.3 Å². The van der Waals surface area contributed by atoms with E-state index in [1.807, 2.05) is 59.0 Å². The van der Waals surface area contributed by atoms with E-state index in [4.69, 9.17) is 54.2 Å². The molecular weight excluding hydrogens is 876 g/mol. The molecule has 0 radical (unpaired) electrons. The van der Waals surface area contributed by atoms with Crippen LogP contribution < -0.4 is 14.4 Å². The van der Waals surface area contributed by atoms with Gasteiger partial charge in [0.25, 0.3) is 10.0 Å². The summed E-state index contributed by atoms with van der Waals surface area (Å²) in [4.78, 5) is 4.28. The van der Waals surface area contributed by atoms with Crippen molar-refractivity contribution < 1.29 is 51.0 Å². The number of benzene rings is 2. The van der Waals surface area contributed by atoms with Crippen LogP contribution >= 0.6 is 11.6 Å². The van der Waals surface area contributed by atoms with Gasteiger partial charge in [0.15, 0.2) is 0 Å². The van der Waals surface area contributed by atoms with Crippen molar-refractivity contribution in [3.8, 4) is 22.9 Å². The van der Waals surface area contributed by atoms with E-state index < -0.39 is 10.0 Å². The average molecular weight is 954 g/mol. The van der Waals surface area contributed by atoms with Crippen LogP contribution in [0.3, 0.4) is 0 Å². The molecule has 0 aliphatic carbocycles. The van der Waals surface area contributed by atoms with Gasteiger partial charge in [-0.1, -0.05) is 78.8 Å². The van der Waals surface area contributed by atoms with Crippen LogP contribution in [0.25, 0.3) is 11.1 Å². The van der Waals surface area contributed by atoms with Crippen LogP contribution in [0.5, 0.6) is 5.75 Å². The molecule has 368 valence electrons. The number of aromatic nitrogens is 1. The molecule has 1 aromatic heterocycles. The Bertz CT molecular complexity index is 1880. The maximum atomic E-state index is 14.6. The number of likely N-dealkylation sites (N-methyl/N-ethyl adjacent to an activating group) is 1. The maximum absolute atomic E-state index is 14.6. The molecule has 65 heavy (non-hydrogen) atoms. The van der Waals surface area contributed by atoms with E-state index in [2.05, 4.69) is 30.2 Å². The van der Waals surface area contributed by atoms with Gasteiger partial charge < -0.3 is 47.9 Å². The Morgan fingerprint density at radius 2 is 1.18 bits per heavy atom. The Morgan fingerprint density at radius 1 is 0.723 bits per heavy atom. The summed E-state index contributed by atoms with van der Waals surface area (Å²) >= 11 is 6.77. The monoisotopic (exact) mass is 952 g/mol. The molecule has 0 bridgehead atoms. The van der Waals surface area contributed by atoms with Crippen molar-refractivity contribution >= 4 is 27.3 Å². The van der Waals surface area contributed by atoms with Gasteiger partial charge in [-0.2, -0.15) is 5.26 Å². The molecule has 0 saturated carbocycles. The minimum atomic E-state index is -4.16. The van der Waals surface area contributed by atoms with Crippen LogP contribution in [-0.2, 0) is 53.3 Å². The lowest BCUT2D eigenvalue weighted by Gasteiger charge is -2.39. The number of anilines is 1. The summed E-state index contributed by atoms with van der Waals surface area (Å²) in [6, 6.07) is 14.3. The first-order valence-corrected chi connectivity index (χ1v) is 24.1. The van der Waals surface area contributed by atoms with Crippen LogP contribution in [0, 0.1) is 18.3 Å². The highest BCUT2D eigenvalue weighted by atomic mass is 35.5. The Labute approximate surface area is 395 Å². The second-order valence-electron chi connectivity index (χ2n) is 14.3. The van der Waals surface area contributed by atoms with Crippen molar-refractivity contribution in [2.75, 3.05) is 137 Å². The molecule has 0 saturated heterocycles. The number of hydrogen-bond donors (Lipinski definition) is 1. The zero-order valence-electron chi connectivity index (χ0n) is 39.4. The first kappa shape index (κ1) is 59.6. The third kappa shape index (κ3) is 21.0. The maximum Gasteiger partial charge on any atom is 0.268 e. The van der Waals surface area contributed by atoms with Gasteiger partial charge in [-0.3, -0.25) is 9.29 Å². The molecule has 0 spiro atoms. The zero-order valence-corrected chi connectivity index (χ0v) is 41.0. The SMILES string of the molecule is C.CC.CC.CNCCOCCOCCOCCOCCOCCOCCOCCOCCOc1cc(Cl)c(-c2cnc(C)cc2C#N)cc1S(=O)(=O)N1CCC(C)(C)c2ccccc21. The van der Waals surface area contributed by atoms with Crippen molar-refractivity contribution in [2.45, 2.75) is 72.6 Å². The third-order valence-electron chi connectivity index (χ3n) is 9.48. The van der Waals surface area contributed by atoms with Gasteiger partial charge in [-0.15, -0.1) is 0 Å². The first-order chi connectivity index (χ1) is 31.1. The fourth-order valence-electron chi connectivity index (χ4n) is 6.22. The fraction of sp³-hybridized carbons (Fsp3) is 0.625. The highest BCUT2D eigenvalue weighted by Gasteiger charge is 2.38. The molecule has 1 aliphatic heterocycles. The van der Waals surface area contributed by atoms with Gasteiger partial charge in [-0.25, -0.2) is 8.42 Å². The summed E-state index contributed by atoms with van der Waals surface area (Å²) in [6.07, 6.45) is 2.15. The second-order valence-corrected chi connectivity index (χ2v) is 16.6. The summed E-state index contributed by atoms with van der Waals surface area (Å²) in [6.45, 7) is 22.4. The molecule has 0 fully saturated rings. The molecule has 1 N–H and O–H groups in total. The van der Waals surface area contributed by atoms with Gasteiger partial charge in [-0.05, 0) is 49.6 Å². The Morgan fingerprint density at radius 3 is 1.66 bits per heavy atom. The molecule has 15 nitrogen and oxygen atoms in total. The zero-order chi connectivity index (χ0) is 47.1. The number of para-hydroxylation sites is 1. The number of nitrogens with zero attached hydrogens (tertiary/aromatic N) is 3. The van der Waals surface area contributed by atoms with Gasteiger partial charge in [0.05, 0.1) is 128 Å². The lowest BCUT2D eigenvalue weighted by Crippen LogP contribution is -2.41. The van der Waals surface area contributed by atoms with Crippen LogP contribution in [0.2, 0.25) is 5.02 Å². The van der Waals surface area contributed by atoms with Crippen molar-refractivity contribution in [3.63, 3.8) is 0 Å². The van der Waals surface area contributed by atoms with Crippen LogP contribution in [0.15, 0.2) is 53.6 Å². The summed E-state index contributed by atoms with van der Waals surface area (Å²) in [5.74, 6) is 0.0822. The van der Waals surface area contributed by atoms with Gasteiger partial charge in [0.1, 0.15) is 17.3 Å². The molecule has 0 amide bonds. The van der Waals surface area contributed by atoms with E-state index in [1.54, 1.807) is 13.0 Å². The topological polar surface area (TPSA) is 169 Å². The molecule has 17 heteroatoms. The van der Waals surface area contributed by atoms with E-state index in [-0.39, 0.29) is 48.3 Å². The molecule has 1 aliphatic rings. The van der Waals surface area contributed by atoms with E-state index in [0.29, 0.717) is 134 Å². The molecule has 3 aromatic rings. The summed E-state index contributed by atoms with van der Waals surface area (Å²) < 4.78 is 80.8. The van der Waals surface area contributed by atoms with Gasteiger partial charge in [0.2, 0.25) is 0 Å². The minimum absolute atomic E-state index is 0. The molecule has 2 heterocycles. The predicted molar refractivity (Wildman–Crippen MR) is 258 cm³/mol. The first-order valence-electron chi connectivity index (χ1n) is 22.3. The Balaban J connectivity index is 0.00000411. The fourth-order valence-corrected chi connectivity index (χ4v) is 8.10. The lowest BCUT2D eigenvalue weighted by molar-refractivity contribution is -0.0235. The molecule has 0 atom stereocenters.